The Morgan fingerprint density at radius 3 is 2.52 bits per heavy atom. The number of benzene rings is 1. The molecule has 0 bridgehead atoms. The Balaban J connectivity index is 1.16. The van der Waals surface area contributed by atoms with E-state index in [1.807, 2.05) is 48.2 Å². The van der Waals surface area contributed by atoms with Crippen molar-refractivity contribution in [3.63, 3.8) is 0 Å². The molecule has 4 heterocycles. The topological polar surface area (TPSA) is 170 Å². The third-order valence-corrected chi connectivity index (χ3v) is 9.75. The van der Waals surface area contributed by atoms with Crippen molar-refractivity contribution in [3.8, 4) is 0 Å². The molecule has 0 saturated carbocycles. The lowest BCUT2D eigenvalue weighted by molar-refractivity contribution is -0.132. The minimum absolute atomic E-state index is 0.0444. The number of anilines is 2. The smallest absolute Gasteiger partial charge is 0.237 e. The molecule has 5 rings (SSSR count). The summed E-state index contributed by atoms with van der Waals surface area (Å²) in [5.74, 6) is 0.621. The summed E-state index contributed by atoms with van der Waals surface area (Å²) in [6.45, 7) is 9.16. The lowest BCUT2D eigenvalue weighted by Gasteiger charge is -2.29. The van der Waals surface area contributed by atoms with Crippen LogP contribution in [0.4, 0.5) is 11.5 Å². The van der Waals surface area contributed by atoms with Gasteiger partial charge in [0.05, 0.1) is 28.9 Å². The first kappa shape index (κ1) is 36.4. The summed E-state index contributed by atoms with van der Waals surface area (Å²) in [7, 11) is 1.64. The zero-order chi connectivity index (χ0) is 35.8. The number of hydrogen-bond acceptors (Lipinski definition) is 9. The van der Waals surface area contributed by atoms with Gasteiger partial charge in [0.2, 0.25) is 11.8 Å². The Morgan fingerprint density at radius 2 is 1.88 bits per heavy atom. The summed E-state index contributed by atoms with van der Waals surface area (Å²) in [6, 6.07) is 15.1. The van der Waals surface area contributed by atoms with Gasteiger partial charge < -0.3 is 16.4 Å². The fourth-order valence-corrected chi connectivity index (χ4v) is 6.86. The second-order valence-electron chi connectivity index (χ2n) is 12.6. The van der Waals surface area contributed by atoms with Crippen molar-refractivity contribution in [1.29, 1.82) is 5.41 Å². The van der Waals surface area contributed by atoms with Crippen LogP contribution in [0.2, 0.25) is 0 Å². The minimum atomic E-state index is -0.260. The van der Waals surface area contributed by atoms with E-state index in [9.17, 15) is 9.59 Å². The van der Waals surface area contributed by atoms with Crippen LogP contribution in [0.15, 0.2) is 75.8 Å². The van der Waals surface area contributed by atoms with Crippen LogP contribution in [0.1, 0.15) is 56.0 Å². The molecule has 1 saturated heterocycles. The largest absolute Gasteiger partial charge is 0.397 e. The van der Waals surface area contributed by atoms with Crippen molar-refractivity contribution < 1.29 is 9.59 Å². The standard InChI is InChI=1S/C37H46N10O2S/c1-5-47(31-12-11-30(38)35(44-31)34(39)28-10-13-32(42-20-28)50-24(2)3)37(49)29-14-17-45(21-29)22-33(48)46-18-15-26(16-19-46)25-6-8-27(9-7-25)36(40)43-23-41-4/h6-13,15,20,23-24,29,39H,5,14,16-19,21-22,38H2,1-4H3,(H2,40,41,43)/t29-/m1/s1. The number of carbonyl (C=O) groups excluding carboxylic acids is 2. The average molecular weight is 695 g/mol. The Kier molecular flexibility index (Phi) is 12.1. The van der Waals surface area contributed by atoms with Crippen molar-refractivity contribution in [2.75, 3.05) is 56.9 Å². The molecule has 3 aromatic rings. The molecule has 2 aliphatic heterocycles. The van der Waals surface area contributed by atoms with Crippen molar-refractivity contribution in [2.45, 2.75) is 43.9 Å². The van der Waals surface area contributed by atoms with Crippen LogP contribution in [0, 0.1) is 11.3 Å². The zero-order valence-corrected chi connectivity index (χ0v) is 30.0. The molecular weight excluding hydrogens is 649 g/mol. The summed E-state index contributed by atoms with van der Waals surface area (Å²) in [4.78, 5) is 49.8. The van der Waals surface area contributed by atoms with E-state index >= 15 is 0 Å². The summed E-state index contributed by atoms with van der Waals surface area (Å²) >= 11 is 1.65. The number of nitrogens with one attached hydrogen (secondary N) is 1. The van der Waals surface area contributed by atoms with Gasteiger partial charge in [-0.25, -0.2) is 15.0 Å². The Labute approximate surface area is 298 Å². The SMILES string of the molecule is CCN(C(=O)[C@@H]1CCN(CC(=O)N2CC=C(c3ccc(C(N)=NC=NC)cc3)CC2)C1)c1ccc(N)c(C(=N)c2ccc(SC(C)C)nc2)n1. The predicted octanol–water partition coefficient (Wildman–Crippen LogP) is 4.33. The number of thioether (sulfide) groups is 1. The number of pyridine rings is 2. The lowest BCUT2D eigenvalue weighted by Crippen LogP contribution is -2.42. The van der Waals surface area contributed by atoms with Gasteiger partial charge in [0.1, 0.15) is 23.7 Å². The molecule has 5 N–H and O–H groups in total. The molecule has 2 aliphatic rings. The molecule has 0 radical (unpaired) electrons. The number of nitrogens with zero attached hydrogens (tertiary/aromatic N) is 7. The van der Waals surface area contributed by atoms with Gasteiger partial charge in [-0.05, 0) is 61.7 Å². The van der Waals surface area contributed by atoms with Gasteiger partial charge in [-0.1, -0.05) is 44.2 Å². The van der Waals surface area contributed by atoms with Gasteiger partial charge in [-0.3, -0.25) is 29.8 Å². The highest BCUT2D eigenvalue weighted by atomic mass is 32.2. The second-order valence-corrected chi connectivity index (χ2v) is 14.2. The van der Waals surface area contributed by atoms with Gasteiger partial charge in [0.25, 0.3) is 0 Å². The number of nitrogens with two attached hydrogens (primary N) is 2. The normalized spacial score (nSPS) is 17.0. The maximum absolute atomic E-state index is 13.8. The van der Waals surface area contributed by atoms with E-state index in [0.29, 0.717) is 73.0 Å². The first-order chi connectivity index (χ1) is 24.1. The monoisotopic (exact) mass is 694 g/mol. The number of amidine groups is 1. The molecular formula is C37H46N10O2S. The molecule has 50 heavy (non-hydrogen) atoms. The van der Waals surface area contributed by atoms with Crippen LogP contribution in [0.25, 0.3) is 5.57 Å². The first-order valence-electron chi connectivity index (χ1n) is 16.9. The van der Waals surface area contributed by atoms with E-state index in [4.69, 9.17) is 16.9 Å². The second kappa shape index (κ2) is 16.7. The summed E-state index contributed by atoms with van der Waals surface area (Å²) in [5, 5.41) is 10.1. The van der Waals surface area contributed by atoms with E-state index in [-0.39, 0.29) is 30.0 Å². The van der Waals surface area contributed by atoms with Crippen LogP contribution < -0.4 is 16.4 Å². The fraction of sp³-hybridized carbons (Fsp3) is 0.378. The van der Waals surface area contributed by atoms with Gasteiger partial charge >= 0.3 is 0 Å². The van der Waals surface area contributed by atoms with E-state index in [1.54, 1.807) is 42.0 Å². The van der Waals surface area contributed by atoms with Crippen molar-refractivity contribution in [1.82, 2.24) is 19.8 Å². The molecule has 2 aromatic heterocycles. The van der Waals surface area contributed by atoms with E-state index < -0.39 is 0 Å². The van der Waals surface area contributed by atoms with Gasteiger partial charge in [0, 0.05) is 55.8 Å². The number of aliphatic imine (C=N–C) groups is 2. The molecule has 1 fully saturated rings. The number of aromatic nitrogens is 2. The number of carbonyl (C=O) groups is 2. The Bertz CT molecular complexity index is 1790. The first-order valence-corrected chi connectivity index (χ1v) is 17.8. The van der Waals surface area contributed by atoms with Crippen LogP contribution in [-0.4, -0.2) is 101 Å². The van der Waals surface area contributed by atoms with Crippen LogP contribution in [0.5, 0.6) is 0 Å². The van der Waals surface area contributed by atoms with Crippen LogP contribution >= 0.6 is 11.8 Å². The number of hydrogen-bond donors (Lipinski definition) is 3. The van der Waals surface area contributed by atoms with E-state index in [0.717, 1.165) is 22.6 Å². The average Bonchev–Trinajstić information content (AvgIpc) is 3.60. The molecule has 0 aliphatic carbocycles. The highest BCUT2D eigenvalue weighted by Gasteiger charge is 2.34. The summed E-state index contributed by atoms with van der Waals surface area (Å²) in [6.07, 6.45) is 6.62. The van der Waals surface area contributed by atoms with Crippen molar-refractivity contribution >= 4 is 58.5 Å². The van der Waals surface area contributed by atoms with Gasteiger partial charge in [0.15, 0.2) is 0 Å². The number of nitrogen functional groups attached to an aromatic ring is 1. The maximum atomic E-state index is 13.8. The Morgan fingerprint density at radius 1 is 1.12 bits per heavy atom. The molecule has 2 amide bonds. The molecule has 1 aromatic carbocycles. The molecule has 0 unspecified atom stereocenters. The third-order valence-electron chi connectivity index (χ3n) is 8.79. The maximum Gasteiger partial charge on any atom is 0.237 e. The van der Waals surface area contributed by atoms with E-state index in [1.165, 1.54) is 11.9 Å². The lowest BCUT2D eigenvalue weighted by atomic mass is 9.98. The van der Waals surface area contributed by atoms with Crippen LogP contribution in [0.3, 0.4) is 0 Å². The molecule has 262 valence electrons. The highest BCUT2D eigenvalue weighted by Crippen LogP contribution is 2.27. The number of likely N-dealkylation sites (tertiary alicyclic amines) is 1. The van der Waals surface area contributed by atoms with E-state index in [2.05, 4.69) is 44.8 Å². The third kappa shape index (κ3) is 8.82. The number of amides is 2. The molecule has 1 atom stereocenters. The quantitative estimate of drug-likeness (QED) is 0.143. The van der Waals surface area contributed by atoms with Crippen LogP contribution in [-0.2, 0) is 9.59 Å². The van der Waals surface area contributed by atoms with Gasteiger partial charge in [-0.2, -0.15) is 0 Å². The minimum Gasteiger partial charge on any atom is -0.397 e. The summed E-state index contributed by atoms with van der Waals surface area (Å²) in [5.41, 5.74) is 16.8. The fourth-order valence-electron chi connectivity index (χ4n) is 6.11. The summed E-state index contributed by atoms with van der Waals surface area (Å²) < 4.78 is 0. The highest BCUT2D eigenvalue weighted by molar-refractivity contribution is 7.99. The molecule has 0 spiro atoms. The molecule has 13 heteroatoms. The van der Waals surface area contributed by atoms with Gasteiger partial charge in [-0.15, -0.1) is 11.8 Å². The zero-order valence-electron chi connectivity index (χ0n) is 29.2. The van der Waals surface area contributed by atoms with Crippen molar-refractivity contribution in [2.24, 2.45) is 21.6 Å². The molecule has 12 nitrogen and oxygen atoms in total. The Hall–Kier alpha value is -4.88. The van der Waals surface area contributed by atoms with Crippen molar-refractivity contribution in [3.05, 3.63) is 83.2 Å². The predicted molar refractivity (Wildman–Crippen MR) is 203 cm³/mol. The number of rotatable bonds is 12.